The fourth-order valence-corrected chi connectivity index (χ4v) is 4.02. The Morgan fingerprint density at radius 3 is 2.89 bits per heavy atom. The predicted molar refractivity (Wildman–Crippen MR) is 80.6 cm³/mol. The van der Waals surface area contributed by atoms with Crippen molar-refractivity contribution in [2.24, 2.45) is 0 Å². The van der Waals surface area contributed by atoms with Crippen LogP contribution < -0.4 is 0 Å². The number of halogens is 1. The van der Waals surface area contributed by atoms with Crippen LogP contribution in [0.4, 0.5) is 0 Å². The third kappa shape index (κ3) is 2.60. The molecule has 3 heteroatoms. The minimum absolute atomic E-state index is 0.185. The minimum Gasteiger partial charge on any atom is -0.293 e. The van der Waals surface area contributed by atoms with Crippen molar-refractivity contribution in [3.8, 4) is 0 Å². The summed E-state index contributed by atoms with van der Waals surface area (Å²) in [6.45, 7) is 2.00. The molecule has 0 saturated carbocycles. The van der Waals surface area contributed by atoms with Crippen molar-refractivity contribution in [1.29, 1.82) is 0 Å². The van der Waals surface area contributed by atoms with Crippen LogP contribution in [0, 0.1) is 6.92 Å². The van der Waals surface area contributed by atoms with E-state index in [0.29, 0.717) is 11.4 Å². The van der Waals surface area contributed by atoms with Gasteiger partial charge < -0.3 is 0 Å². The van der Waals surface area contributed by atoms with Gasteiger partial charge in [0.25, 0.3) is 0 Å². The number of carbonyl (C=O) groups excluding carboxylic acids is 1. The van der Waals surface area contributed by atoms with Crippen molar-refractivity contribution >= 4 is 28.7 Å². The molecule has 0 spiro atoms. The summed E-state index contributed by atoms with van der Waals surface area (Å²) < 4.78 is 0. The van der Waals surface area contributed by atoms with E-state index in [4.69, 9.17) is 11.6 Å². The largest absolute Gasteiger partial charge is 0.293 e. The van der Waals surface area contributed by atoms with Gasteiger partial charge in [0.05, 0.1) is 4.88 Å². The SMILES string of the molecule is Cc1ccc(CC(=O)c2cc3c(s2)CCC3)c(Cl)c1. The molecule has 0 N–H and O–H groups in total. The first-order valence-electron chi connectivity index (χ1n) is 6.53. The second-order valence-corrected chi connectivity index (χ2v) is 6.65. The summed E-state index contributed by atoms with van der Waals surface area (Å²) in [5.41, 5.74) is 3.42. The Morgan fingerprint density at radius 2 is 2.16 bits per heavy atom. The Hall–Kier alpha value is -1.12. The van der Waals surface area contributed by atoms with E-state index in [2.05, 4.69) is 6.07 Å². The molecule has 0 saturated heterocycles. The van der Waals surface area contributed by atoms with Crippen LogP contribution in [0.5, 0.6) is 0 Å². The van der Waals surface area contributed by atoms with Crippen LogP contribution in [-0.2, 0) is 19.3 Å². The average molecular weight is 291 g/mol. The minimum atomic E-state index is 0.185. The molecule has 19 heavy (non-hydrogen) atoms. The van der Waals surface area contributed by atoms with E-state index in [1.165, 1.54) is 16.9 Å². The van der Waals surface area contributed by atoms with Gasteiger partial charge in [0.1, 0.15) is 0 Å². The van der Waals surface area contributed by atoms with Crippen molar-refractivity contribution in [2.75, 3.05) is 0 Å². The normalized spacial score (nSPS) is 13.6. The number of hydrogen-bond donors (Lipinski definition) is 0. The van der Waals surface area contributed by atoms with Gasteiger partial charge in [-0.15, -0.1) is 11.3 Å². The van der Waals surface area contributed by atoms with Gasteiger partial charge in [-0.25, -0.2) is 0 Å². The lowest BCUT2D eigenvalue weighted by Crippen LogP contribution is -2.02. The second-order valence-electron chi connectivity index (χ2n) is 5.11. The molecular weight excluding hydrogens is 276 g/mol. The molecular formula is C16H15ClOS. The van der Waals surface area contributed by atoms with Crippen LogP contribution in [0.15, 0.2) is 24.3 Å². The number of ketones is 1. The number of rotatable bonds is 3. The van der Waals surface area contributed by atoms with Crippen LogP contribution in [0.3, 0.4) is 0 Å². The highest BCUT2D eigenvalue weighted by Gasteiger charge is 2.19. The van der Waals surface area contributed by atoms with E-state index < -0.39 is 0 Å². The molecule has 1 aliphatic rings. The van der Waals surface area contributed by atoms with Gasteiger partial charge in [0.15, 0.2) is 5.78 Å². The summed E-state index contributed by atoms with van der Waals surface area (Å²) >= 11 is 7.85. The highest BCUT2D eigenvalue weighted by Crippen LogP contribution is 2.31. The molecule has 0 unspecified atom stereocenters. The molecule has 0 amide bonds. The van der Waals surface area contributed by atoms with Crippen molar-refractivity contribution in [1.82, 2.24) is 0 Å². The van der Waals surface area contributed by atoms with E-state index in [1.807, 2.05) is 25.1 Å². The van der Waals surface area contributed by atoms with E-state index in [1.54, 1.807) is 11.3 Å². The van der Waals surface area contributed by atoms with Gasteiger partial charge in [-0.3, -0.25) is 4.79 Å². The van der Waals surface area contributed by atoms with Crippen molar-refractivity contribution < 1.29 is 4.79 Å². The smallest absolute Gasteiger partial charge is 0.177 e. The Labute approximate surface area is 122 Å². The van der Waals surface area contributed by atoms with Gasteiger partial charge in [0.2, 0.25) is 0 Å². The number of carbonyl (C=O) groups is 1. The van der Waals surface area contributed by atoms with Crippen LogP contribution in [0.1, 0.15) is 37.7 Å². The van der Waals surface area contributed by atoms with Gasteiger partial charge in [-0.05, 0) is 55.0 Å². The zero-order valence-electron chi connectivity index (χ0n) is 10.8. The van der Waals surface area contributed by atoms with Gasteiger partial charge in [0, 0.05) is 16.3 Å². The van der Waals surface area contributed by atoms with E-state index in [9.17, 15) is 4.79 Å². The first-order chi connectivity index (χ1) is 9.13. The zero-order valence-corrected chi connectivity index (χ0v) is 12.4. The van der Waals surface area contributed by atoms with Gasteiger partial charge >= 0.3 is 0 Å². The third-order valence-corrected chi connectivity index (χ3v) is 5.21. The molecule has 1 aliphatic carbocycles. The molecule has 0 fully saturated rings. The Bertz CT molecular complexity index is 621. The molecule has 3 rings (SSSR count). The lowest BCUT2D eigenvalue weighted by Gasteiger charge is -2.03. The maximum atomic E-state index is 12.3. The molecule has 0 aliphatic heterocycles. The van der Waals surface area contributed by atoms with Crippen molar-refractivity contribution in [3.05, 3.63) is 55.7 Å². The molecule has 2 aromatic rings. The Morgan fingerprint density at radius 1 is 1.32 bits per heavy atom. The molecule has 1 aromatic carbocycles. The summed E-state index contributed by atoms with van der Waals surface area (Å²) in [7, 11) is 0. The molecule has 98 valence electrons. The summed E-state index contributed by atoms with van der Waals surface area (Å²) in [4.78, 5) is 14.6. The van der Waals surface area contributed by atoms with Gasteiger partial charge in [-0.1, -0.05) is 23.7 Å². The van der Waals surface area contributed by atoms with Crippen LogP contribution in [0.25, 0.3) is 0 Å². The molecule has 1 heterocycles. The molecule has 0 atom stereocenters. The van der Waals surface area contributed by atoms with Gasteiger partial charge in [-0.2, -0.15) is 0 Å². The van der Waals surface area contributed by atoms with Crippen LogP contribution in [0.2, 0.25) is 5.02 Å². The molecule has 0 bridgehead atoms. The third-order valence-electron chi connectivity index (χ3n) is 3.58. The van der Waals surface area contributed by atoms with Crippen molar-refractivity contribution in [3.63, 3.8) is 0 Å². The lowest BCUT2D eigenvalue weighted by molar-refractivity contribution is 0.0997. The summed E-state index contributed by atoms with van der Waals surface area (Å²) in [5, 5.41) is 0.692. The molecule has 1 aromatic heterocycles. The van der Waals surface area contributed by atoms with Crippen LogP contribution >= 0.6 is 22.9 Å². The molecule has 0 radical (unpaired) electrons. The highest BCUT2D eigenvalue weighted by atomic mass is 35.5. The fraction of sp³-hybridized carbons (Fsp3) is 0.312. The first-order valence-corrected chi connectivity index (χ1v) is 7.73. The number of fused-ring (bicyclic) bond motifs is 1. The fourth-order valence-electron chi connectivity index (χ4n) is 2.52. The standard InChI is InChI=1S/C16H15ClOS/c1-10-5-6-11(13(17)7-10)8-14(18)16-9-12-3-2-4-15(12)19-16/h5-7,9H,2-4,8H2,1H3. The van der Waals surface area contributed by atoms with Crippen molar-refractivity contribution in [2.45, 2.75) is 32.6 Å². The summed E-state index contributed by atoms with van der Waals surface area (Å²) in [5.74, 6) is 0.185. The number of Topliss-reactive ketones (excluding diaryl/α,β-unsaturated/α-hetero) is 1. The topological polar surface area (TPSA) is 17.1 Å². The molecule has 1 nitrogen and oxygen atoms in total. The van der Waals surface area contributed by atoms with E-state index >= 15 is 0 Å². The monoisotopic (exact) mass is 290 g/mol. The number of benzene rings is 1. The number of hydrogen-bond acceptors (Lipinski definition) is 2. The van der Waals surface area contributed by atoms with E-state index in [-0.39, 0.29) is 5.78 Å². The highest BCUT2D eigenvalue weighted by molar-refractivity contribution is 7.14. The number of thiophene rings is 1. The lowest BCUT2D eigenvalue weighted by atomic mass is 10.1. The second kappa shape index (κ2) is 5.10. The predicted octanol–water partition coefficient (Wildman–Crippen LogP) is 4.62. The maximum Gasteiger partial charge on any atom is 0.177 e. The Balaban J connectivity index is 1.80. The summed E-state index contributed by atoms with van der Waals surface area (Å²) in [6, 6.07) is 7.95. The first kappa shape index (κ1) is 12.9. The zero-order chi connectivity index (χ0) is 13.4. The Kier molecular flexibility index (Phi) is 3.46. The summed E-state index contributed by atoms with van der Waals surface area (Å²) in [6.07, 6.45) is 3.90. The quantitative estimate of drug-likeness (QED) is 0.754. The maximum absolute atomic E-state index is 12.3. The van der Waals surface area contributed by atoms with Crippen LogP contribution in [-0.4, -0.2) is 5.78 Å². The average Bonchev–Trinajstić information content (AvgIpc) is 2.93. The van der Waals surface area contributed by atoms with E-state index in [0.717, 1.165) is 28.8 Å². The number of aryl methyl sites for hydroxylation is 3.